The zero-order valence-corrected chi connectivity index (χ0v) is 9.64. The van der Waals surface area contributed by atoms with Gasteiger partial charge in [-0.2, -0.15) is 13.1 Å². The lowest BCUT2D eigenvalue weighted by Crippen LogP contribution is -2.30. The highest BCUT2D eigenvalue weighted by atomic mass is 32.2. The van der Waals surface area contributed by atoms with Crippen LogP contribution in [0.25, 0.3) is 0 Å². The zero-order valence-electron chi connectivity index (χ0n) is 8.83. The largest absolute Gasteiger partial charge is 0.397 e. The van der Waals surface area contributed by atoms with Gasteiger partial charge in [0, 0.05) is 6.54 Å². The molecule has 16 heavy (non-hydrogen) atoms. The molecule has 1 aromatic carbocycles. The molecule has 1 rings (SSSR count). The zero-order chi connectivity index (χ0) is 12.2. The van der Waals surface area contributed by atoms with Crippen LogP contribution in [0.1, 0.15) is 13.3 Å². The van der Waals surface area contributed by atoms with Crippen LogP contribution in [0, 0.1) is 5.82 Å². The standard InChI is InChI=1S/C9H14FN3O2S/c1-2-5-12-16(14,15)13-9-4-3-7(10)6-8(9)11/h3-4,6,12-13H,2,5,11H2,1H3. The highest BCUT2D eigenvalue weighted by molar-refractivity contribution is 7.90. The Labute approximate surface area is 94.0 Å². The Kier molecular flexibility index (Phi) is 4.08. The van der Waals surface area contributed by atoms with E-state index in [0.29, 0.717) is 13.0 Å². The van der Waals surface area contributed by atoms with Crippen molar-refractivity contribution in [2.75, 3.05) is 17.0 Å². The van der Waals surface area contributed by atoms with Crippen molar-refractivity contribution in [3.05, 3.63) is 24.0 Å². The molecule has 0 atom stereocenters. The first kappa shape index (κ1) is 12.7. The van der Waals surface area contributed by atoms with E-state index in [-0.39, 0.29) is 11.4 Å². The number of halogens is 1. The first-order valence-corrected chi connectivity index (χ1v) is 6.25. The fraction of sp³-hybridized carbons (Fsp3) is 0.333. The Morgan fingerprint density at radius 3 is 2.69 bits per heavy atom. The van der Waals surface area contributed by atoms with Crippen molar-refractivity contribution in [1.29, 1.82) is 0 Å². The summed E-state index contributed by atoms with van der Waals surface area (Å²) in [5, 5.41) is 0. The predicted molar refractivity (Wildman–Crippen MR) is 61.6 cm³/mol. The van der Waals surface area contributed by atoms with E-state index < -0.39 is 16.0 Å². The Hall–Kier alpha value is -1.34. The van der Waals surface area contributed by atoms with Crippen molar-refractivity contribution >= 4 is 21.6 Å². The van der Waals surface area contributed by atoms with Crippen LogP contribution in [0.2, 0.25) is 0 Å². The van der Waals surface area contributed by atoms with E-state index >= 15 is 0 Å². The lowest BCUT2D eigenvalue weighted by Gasteiger charge is -2.10. The molecular formula is C9H14FN3O2S. The molecule has 0 saturated carbocycles. The summed E-state index contributed by atoms with van der Waals surface area (Å²) in [6.07, 6.45) is 0.680. The van der Waals surface area contributed by atoms with Crippen LogP contribution < -0.4 is 15.2 Å². The number of hydrogen-bond acceptors (Lipinski definition) is 3. The average Bonchev–Trinajstić information content (AvgIpc) is 2.19. The average molecular weight is 247 g/mol. The minimum atomic E-state index is -3.63. The lowest BCUT2D eigenvalue weighted by molar-refractivity contribution is 0.586. The lowest BCUT2D eigenvalue weighted by atomic mass is 10.3. The van der Waals surface area contributed by atoms with Gasteiger partial charge in [0.15, 0.2) is 0 Å². The first-order chi connectivity index (χ1) is 7.44. The van der Waals surface area contributed by atoms with Gasteiger partial charge in [0.05, 0.1) is 11.4 Å². The normalized spacial score (nSPS) is 11.4. The molecule has 0 aliphatic heterocycles. The van der Waals surface area contributed by atoms with Gasteiger partial charge in [-0.3, -0.25) is 4.72 Å². The van der Waals surface area contributed by atoms with Crippen molar-refractivity contribution in [2.24, 2.45) is 0 Å². The topological polar surface area (TPSA) is 84.2 Å². The molecule has 0 aliphatic carbocycles. The summed E-state index contributed by atoms with van der Waals surface area (Å²) >= 11 is 0. The predicted octanol–water partition coefficient (Wildman–Crippen LogP) is 1.06. The second kappa shape index (κ2) is 5.13. The molecule has 0 fully saturated rings. The molecule has 0 amide bonds. The van der Waals surface area contributed by atoms with Crippen molar-refractivity contribution in [2.45, 2.75) is 13.3 Å². The van der Waals surface area contributed by atoms with Gasteiger partial charge in [-0.1, -0.05) is 6.92 Å². The van der Waals surface area contributed by atoms with Crippen molar-refractivity contribution < 1.29 is 12.8 Å². The van der Waals surface area contributed by atoms with Crippen LogP contribution in [0.4, 0.5) is 15.8 Å². The van der Waals surface area contributed by atoms with Crippen LogP contribution in [-0.4, -0.2) is 15.0 Å². The number of nitrogens with one attached hydrogen (secondary N) is 2. The van der Waals surface area contributed by atoms with Crippen LogP contribution in [-0.2, 0) is 10.2 Å². The summed E-state index contributed by atoms with van der Waals surface area (Å²) in [7, 11) is -3.63. The fourth-order valence-corrected chi connectivity index (χ4v) is 2.06. The number of benzene rings is 1. The van der Waals surface area contributed by atoms with Gasteiger partial charge in [0.25, 0.3) is 10.2 Å². The van der Waals surface area contributed by atoms with Crippen LogP contribution in [0.5, 0.6) is 0 Å². The molecular weight excluding hydrogens is 233 g/mol. The minimum Gasteiger partial charge on any atom is -0.397 e. The van der Waals surface area contributed by atoms with Gasteiger partial charge in [0.2, 0.25) is 0 Å². The molecule has 7 heteroatoms. The molecule has 5 nitrogen and oxygen atoms in total. The summed E-state index contributed by atoms with van der Waals surface area (Å²) in [5.74, 6) is -0.512. The molecule has 0 heterocycles. The van der Waals surface area contributed by atoms with E-state index in [0.717, 1.165) is 12.1 Å². The third-order valence-corrected chi connectivity index (χ3v) is 2.87. The second-order valence-corrected chi connectivity index (χ2v) is 4.73. The minimum absolute atomic E-state index is 0.0434. The van der Waals surface area contributed by atoms with E-state index in [1.54, 1.807) is 0 Å². The molecule has 0 unspecified atom stereocenters. The summed E-state index contributed by atoms with van der Waals surface area (Å²) < 4.78 is 40.1. The van der Waals surface area contributed by atoms with E-state index in [1.165, 1.54) is 6.07 Å². The first-order valence-electron chi connectivity index (χ1n) is 4.77. The van der Waals surface area contributed by atoms with E-state index in [9.17, 15) is 12.8 Å². The van der Waals surface area contributed by atoms with Crippen molar-refractivity contribution in [1.82, 2.24) is 4.72 Å². The molecule has 0 aliphatic rings. The van der Waals surface area contributed by atoms with E-state index in [4.69, 9.17) is 5.73 Å². The van der Waals surface area contributed by atoms with Gasteiger partial charge in [-0.05, 0) is 24.6 Å². The SMILES string of the molecule is CCCNS(=O)(=O)Nc1ccc(F)cc1N. The van der Waals surface area contributed by atoms with Crippen molar-refractivity contribution in [3.63, 3.8) is 0 Å². The third kappa shape index (κ3) is 3.67. The molecule has 0 radical (unpaired) electrons. The molecule has 90 valence electrons. The van der Waals surface area contributed by atoms with Crippen LogP contribution in [0.15, 0.2) is 18.2 Å². The highest BCUT2D eigenvalue weighted by Gasteiger charge is 2.10. The summed E-state index contributed by atoms with van der Waals surface area (Å²) in [4.78, 5) is 0. The van der Waals surface area contributed by atoms with Gasteiger partial charge >= 0.3 is 0 Å². The summed E-state index contributed by atoms with van der Waals surface area (Å²) in [6.45, 7) is 2.17. The number of nitrogens with two attached hydrogens (primary N) is 1. The Morgan fingerprint density at radius 1 is 1.44 bits per heavy atom. The molecule has 4 N–H and O–H groups in total. The third-order valence-electron chi connectivity index (χ3n) is 1.80. The highest BCUT2D eigenvalue weighted by Crippen LogP contribution is 2.19. The second-order valence-electron chi connectivity index (χ2n) is 3.23. The smallest absolute Gasteiger partial charge is 0.299 e. The molecule has 0 spiro atoms. The molecule has 0 aromatic heterocycles. The Morgan fingerprint density at radius 2 is 2.12 bits per heavy atom. The molecule has 0 saturated heterocycles. The maximum atomic E-state index is 12.7. The van der Waals surface area contributed by atoms with Crippen LogP contribution in [0.3, 0.4) is 0 Å². The quantitative estimate of drug-likeness (QED) is 0.680. The maximum Gasteiger partial charge on any atom is 0.299 e. The van der Waals surface area contributed by atoms with Gasteiger partial charge < -0.3 is 5.73 Å². The molecule has 1 aromatic rings. The monoisotopic (exact) mass is 247 g/mol. The Bertz CT molecular complexity index is 462. The van der Waals surface area contributed by atoms with Crippen molar-refractivity contribution in [3.8, 4) is 0 Å². The molecule has 0 bridgehead atoms. The van der Waals surface area contributed by atoms with E-state index in [2.05, 4.69) is 9.44 Å². The summed E-state index contributed by atoms with van der Waals surface area (Å²) in [5.41, 5.74) is 5.66. The number of anilines is 2. The number of hydrogen-bond donors (Lipinski definition) is 3. The summed E-state index contributed by atoms with van der Waals surface area (Å²) in [6, 6.07) is 3.46. The van der Waals surface area contributed by atoms with E-state index in [1.807, 2.05) is 6.92 Å². The van der Waals surface area contributed by atoms with Crippen LogP contribution >= 0.6 is 0 Å². The van der Waals surface area contributed by atoms with Gasteiger partial charge in [-0.25, -0.2) is 4.39 Å². The Balaban J connectivity index is 2.80. The maximum absolute atomic E-state index is 12.7. The number of rotatable bonds is 5. The number of nitrogen functional groups attached to an aromatic ring is 1. The van der Waals surface area contributed by atoms with Gasteiger partial charge in [-0.15, -0.1) is 0 Å². The fourth-order valence-electron chi connectivity index (χ4n) is 1.04. The van der Waals surface area contributed by atoms with Gasteiger partial charge in [0.1, 0.15) is 5.82 Å².